The molecule has 1 aliphatic heterocycles. The van der Waals surface area contributed by atoms with Gasteiger partial charge in [0.1, 0.15) is 11.3 Å². The summed E-state index contributed by atoms with van der Waals surface area (Å²) < 4.78 is 23.4. The van der Waals surface area contributed by atoms with Crippen LogP contribution in [-0.2, 0) is 4.74 Å². The largest absolute Gasteiger partial charge is 0.492 e. The first-order chi connectivity index (χ1) is 8.06. The number of carbonyl (C=O) groups excluding carboxylic acids is 2. The first-order valence-electron chi connectivity index (χ1n) is 4.82. The van der Waals surface area contributed by atoms with Crippen LogP contribution in [0.2, 0.25) is 5.02 Å². The Kier molecular flexibility index (Phi) is 3.02. The molecule has 4 nitrogen and oxygen atoms in total. The van der Waals surface area contributed by atoms with Crippen molar-refractivity contribution in [1.29, 1.82) is 0 Å². The molecule has 1 heterocycles. The van der Waals surface area contributed by atoms with Crippen LogP contribution < -0.4 is 4.74 Å². The Labute approximate surface area is 101 Å². The summed E-state index contributed by atoms with van der Waals surface area (Å²) in [6.45, 7) is 0.189. The minimum Gasteiger partial charge on any atom is -0.492 e. The van der Waals surface area contributed by atoms with Crippen molar-refractivity contribution < 1.29 is 23.5 Å². The van der Waals surface area contributed by atoms with Crippen LogP contribution in [0.25, 0.3) is 0 Å². The molecule has 0 saturated heterocycles. The van der Waals surface area contributed by atoms with Gasteiger partial charge in [0.05, 0.1) is 24.3 Å². The van der Waals surface area contributed by atoms with E-state index >= 15 is 0 Å². The molecule has 0 fully saturated rings. The highest BCUT2D eigenvalue weighted by Crippen LogP contribution is 2.34. The van der Waals surface area contributed by atoms with Gasteiger partial charge in [-0.2, -0.15) is 0 Å². The third kappa shape index (κ3) is 1.86. The number of halogens is 2. The van der Waals surface area contributed by atoms with Crippen molar-refractivity contribution in [1.82, 2.24) is 0 Å². The van der Waals surface area contributed by atoms with Gasteiger partial charge in [0.2, 0.25) is 0 Å². The Bertz CT molecular complexity index is 513. The minimum atomic E-state index is -0.962. The molecular weight excluding hydrogens is 251 g/mol. The molecule has 0 aromatic heterocycles. The van der Waals surface area contributed by atoms with Crippen LogP contribution in [0.15, 0.2) is 6.07 Å². The van der Waals surface area contributed by atoms with E-state index in [-0.39, 0.29) is 35.1 Å². The number of carbonyl (C=O) groups is 2. The molecule has 1 aromatic carbocycles. The van der Waals surface area contributed by atoms with E-state index in [1.165, 1.54) is 6.07 Å². The van der Waals surface area contributed by atoms with E-state index < -0.39 is 17.3 Å². The molecule has 1 aromatic rings. The zero-order valence-electron chi connectivity index (χ0n) is 8.88. The average molecular weight is 259 g/mol. The van der Waals surface area contributed by atoms with Gasteiger partial charge in [-0.15, -0.1) is 0 Å². The van der Waals surface area contributed by atoms with E-state index in [1.54, 1.807) is 0 Å². The number of rotatable bonds is 1. The van der Waals surface area contributed by atoms with Crippen LogP contribution in [0.3, 0.4) is 0 Å². The van der Waals surface area contributed by atoms with Gasteiger partial charge in [-0.05, 0) is 0 Å². The molecule has 0 atom stereocenters. The molecule has 0 spiro atoms. The number of methoxy groups -OCH3 is 1. The van der Waals surface area contributed by atoms with Crippen LogP contribution in [0, 0.1) is 5.82 Å². The maximum atomic E-state index is 13.8. The summed E-state index contributed by atoms with van der Waals surface area (Å²) in [6.07, 6.45) is 0.0953. The number of hydrogen-bond donors (Lipinski definition) is 0. The van der Waals surface area contributed by atoms with Crippen molar-refractivity contribution in [3.05, 3.63) is 28.0 Å². The Morgan fingerprint density at radius 1 is 1.59 bits per heavy atom. The molecule has 1 aliphatic rings. The lowest BCUT2D eigenvalue weighted by Gasteiger charge is -2.19. The molecule has 17 heavy (non-hydrogen) atoms. The lowest BCUT2D eigenvalue weighted by molar-refractivity contribution is 0.0588. The molecule has 90 valence electrons. The fourth-order valence-corrected chi connectivity index (χ4v) is 1.86. The summed E-state index contributed by atoms with van der Waals surface area (Å²) in [5, 5.41) is -0.279. The van der Waals surface area contributed by atoms with Crippen molar-refractivity contribution in [3.63, 3.8) is 0 Å². The number of esters is 1. The molecular formula is C11H8ClFO4. The summed E-state index contributed by atoms with van der Waals surface area (Å²) >= 11 is 5.63. The maximum absolute atomic E-state index is 13.8. The molecule has 0 radical (unpaired) electrons. The van der Waals surface area contributed by atoms with E-state index in [0.717, 1.165) is 7.11 Å². The number of fused-ring (bicyclic) bond motifs is 1. The zero-order chi connectivity index (χ0) is 12.6. The Morgan fingerprint density at radius 2 is 2.29 bits per heavy atom. The van der Waals surface area contributed by atoms with Crippen LogP contribution in [0.5, 0.6) is 5.75 Å². The van der Waals surface area contributed by atoms with Gasteiger partial charge >= 0.3 is 5.97 Å². The van der Waals surface area contributed by atoms with Crippen molar-refractivity contribution in [3.8, 4) is 5.75 Å². The molecule has 0 N–H and O–H groups in total. The monoisotopic (exact) mass is 258 g/mol. The van der Waals surface area contributed by atoms with Gasteiger partial charge in [-0.25, -0.2) is 9.18 Å². The average Bonchev–Trinajstić information content (AvgIpc) is 2.31. The first kappa shape index (κ1) is 11.9. The van der Waals surface area contributed by atoms with Gasteiger partial charge in [-0.3, -0.25) is 4.79 Å². The van der Waals surface area contributed by atoms with Crippen LogP contribution >= 0.6 is 11.6 Å². The Balaban J connectivity index is 2.74. The topological polar surface area (TPSA) is 52.6 Å². The van der Waals surface area contributed by atoms with Crippen molar-refractivity contribution in [2.24, 2.45) is 0 Å². The van der Waals surface area contributed by atoms with Gasteiger partial charge < -0.3 is 9.47 Å². The maximum Gasteiger partial charge on any atom is 0.341 e. The van der Waals surface area contributed by atoms with Gasteiger partial charge in [0, 0.05) is 12.5 Å². The van der Waals surface area contributed by atoms with Gasteiger partial charge in [-0.1, -0.05) is 11.6 Å². The van der Waals surface area contributed by atoms with Crippen LogP contribution in [0.1, 0.15) is 27.1 Å². The number of ketones is 1. The van der Waals surface area contributed by atoms with Gasteiger partial charge in [0.15, 0.2) is 11.6 Å². The van der Waals surface area contributed by atoms with E-state index in [1.807, 2.05) is 0 Å². The second kappa shape index (κ2) is 4.33. The number of benzene rings is 1. The lowest BCUT2D eigenvalue weighted by atomic mass is 9.98. The van der Waals surface area contributed by atoms with E-state index in [0.29, 0.717) is 0 Å². The first-order valence-corrected chi connectivity index (χ1v) is 5.20. The lowest BCUT2D eigenvalue weighted by Crippen LogP contribution is -2.21. The predicted molar refractivity (Wildman–Crippen MR) is 57.2 cm³/mol. The molecule has 0 bridgehead atoms. The number of Topliss-reactive ketones (excluding diaryl/α,β-unsaturated/α-hetero) is 1. The normalized spacial score (nSPS) is 13.9. The zero-order valence-corrected chi connectivity index (χ0v) is 9.64. The fraction of sp³-hybridized carbons (Fsp3) is 0.273. The molecule has 0 unspecified atom stereocenters. The highest BCUT2D eigenvalue weighted by Gasteiger charge is 2.30. The smallest absolute Gasteiger partial charge is 0.341 e. The summed E-state index contributed by atoms with van der Waals surface area (Å²) in [5.41, 5.74) is -0.551. The molecule has 6 heteroatoms. The van der Waals surface area contributed by atoms with Crippen molar-refractivity contribution in [2.75, 3.05) is 13.7 Å². The standard InChI is InChI=1S/C11H8ClFO4/c1-16-11(15)9-8-6(14)2-3-17-7(8)4-5(12)10(9)13/h4H,2-3H2,1H3. The van der Waals surface area contributed by atoms with E-state index in [4.69, 9.17) is 16.3 Å². The van der Waals surface area contributed by atoms with E-state index in [9.17, 15) is 14.0 Å². The second-order valence-electron chi connectivity index (χ2n) is 3.43. The van der Waals surface area contributed by atoms with Crippen LogP contribution in [0.4, 0.5) is 4.39 Å². The quantitative estimate of drug-likeness (QED) is 0.725. The third-order valence-corrected chi connectivity index (χ3v) is 2.71. The molecule has 0 aliphatic carbocycles. The summed E-state index contributed by atoms with van der Waals surface area (Å²) in [6, 6.07) is 1.19. The highest BCUT2D eigenvalue weighted by molar-refractivity contribution is 6.31. The molecule has 2 rings (SSSR count). The number of ether oxygens (including phenoxy) is 2. The minimum absolute atomic E-state index is 0.0926. The van der Waals surface area contributed by atoms with Crippen LogP contribution in [-0.4, -0.2) is 25.5 Å². The summed E-state index contributed by atoms with van der Waals surface area (Å²) in [5.74, 6) is -2.15. The van der Waals surface area contributed by atoms with Crippen molar-refractivity contribution >= 4 is 23.4 Å². The summed E-state index contributed by atoms with van der Waals surface area (Å²) in [4.78, 5) is 23.2. The Morgan fingerprint density at radius 3 is 2.94 bits per heavy atom. The predicted octanol–water partition coefficient (Wildman–Crippen LogP) is 2.23. The molecule has 0 amide bonds. The van der Waals surface area contributed by atoms with E-state index in [2.05, 4.69) is 4.74 Å². The fourth-order valence-electron chi connectivity index (χ4n) is 1.67. The van der Waals surface area contributed by atoms with Crippen molar-refractivity contribution in [2.45, 2.75) is 6.42 Å². The Hall–Kier alpha value is -1.62. The third-order valence-electron chi connectivity index (χ3n) is 2.44. The second-order valence-corrected chi connectivity index (χ2v) is 3.84. The SMILES string of the molecule is COC(=O)c1c(F)c(Cl)cc2c1C(=O)CCO2. The summed E-state index contributed by atoms with van der Waals surface area (Å²) in [7, 11) is 1.10. The number of hydrogen-bond acceptors (Lipinski definition) is 4. The highest BCUT2D eigenvalue weighted by atomic mass is 35.5. The van der Waals surface area contributed by atoms with Gasteiger partial charge in [0.25, 0.3) is 0 Å². The molecule has 0 saturated carbocycles.